The van der Waals surface area contributed by atoms with Crippen LogP contribution in [0.1, 0.15) is 38.3 Å². The number of ether oxygens (including phenoxy) is 1. The van der Waals surface area contributed by atoms with Crippen LogP contribution in [0.2, 0.25) is 0 Å². The van der Waals surface area contributed by atoms with Crippen LogP contribution in [0.5, 0.6) is 5.75 Å². The fourth-order valence-corrected chi connectivity index (χ4v) is 4.62. The molecular weight excluding hydrogens is 478 g/mol. The number of amides is 3. The van der Waals surface area contributed by atoms with E-state index in [-0.39, 0.29) is 41.4 Å². The van der Waals surface area contributed by atoms with Crippen molar-refractivity contribution in [2.24, 2.45) is 5.92 Å². The predicted octanol–water partition coefficient (Wildman–Crippen LogP) is 3.97. The molecule has 1 fully saturated rings. The minimum Gasteiger partial charge on any atom is -0.426 e. The Morgan fingerprint density at radius 3 is 2.41 bits per heavy atom. The molecule has 0 aromatic heterocycles. The van der Waals surface area contributed by atoms with Crippen LogP contribution in [0.4, 0.5) is 17.1 Å². The van der Waals surface area contributed by atoms with Crippen molar-refractivity contribution in [3.63, 3.8) is 0 Å². The summed E-state index contributed by atoms with van der Waals surface area (Å²) in [6, 6.07) is 15.7. The van der Waals surface area contributed by atoms with Crippen molar-refractivity contribution in [2.45, 2.75) is 20.3 Å². The van der Waals surface area contributed by atoms with Gasteiger partial charge < -0.3 is 9.64 Å². The zero-order valence-corrected chi connectivity index (χ0v) is 20.0. The van der Waals surface area contributed by atoms with Crippen LogP contribution in [0.15, 0.2) is 60.7 Å². The first-order valence-corrected chi connectivity index (χ1v) is 11.5. The second kappa shape index (κ2) is 8.98. The molecule has 2 aliphatic rings. The van der Waals surface area contributed by atoms with E-state index >= 15 is 0 Å². The second-order valence-corrected chi connectivity index (χ2v) is 9.01. The zero-order valence-electron chi connectivity index (χ0n) is 20.0. The molecule has 186 valence electrons. The van der Waals surface area contributed by atoms with Crippen molar-refractivity contribution in [1.29, 1.82) is 0 Å². The third kappa shape index (κ3) is 4.12. The molecule has 5 rings (SSSR count). The number of hydrogen-bond donors (Lipinski definition) is 0. The van der Waals surface area contributed by atoms with Gasteiger partial charge in [0.25, 0.3) is 17.5 Å². The molecular formula is C27H21N3O7. The average Bonchev–Trinajstić information content (AvgIpc) is 3.37. The van der Waals surface area contributed by atoms with Gasteiger partial charge in [0.05, 0.1) is 22.1 Å². The SMILES string of the molecule is Cc1ccc(N2C[C@@H](C(=O)Oc3ccc(N4C(=O)c5cccc([N+](=O)[O-])c5C4=O)c(C)c3)CC2=O)cc1. The highest BCUT2D eigenvalue weighted by atomic mass is 16.6. The van der Waals surface area contributed by atoms with Crippen LogP contribution in [0, 0.1) is 29.9 Å². The van der Waals surface area contributed by atoms with Crippen LogP contribution in [-0.2, 0) is 9.59 Å². The van der Waals surface area contributed by atoms with Crippen molar-refractivity contribution in [3.05, 3.63) is 93.0 Å². The lowest BCUT2D eigenvalue weighted by molar-refractivity contribution is -0.385. The third-order valence-corrected chi connectivity index (χ3v) is 6.52. The van der Waals surface area contributed by atoms with E-state index in [1.54, 1.807) is 11.8 Å². The molecule has 0 bridgehead atoms. The monoisotopic (exact) mass is 499 g/mol. The Morgan fingerprint density at radius 1 is 1.00 bits per heavy atom. The maximum absolute atomic E-state index is 13.0. The van der Waals surface area contributed by atoms with E-state index in [4.69, 9.17) is 4.74 Å². The van der Waals surface area contributed by atoms with Crippen LogP contribution >= 0.6 is 0 Å². The lowest BCUT2D eigenvalue weighted by Gasteiger charge is -2.18. The number of aryl methyl sites for hydroxylation is 2. The van der Waals surface area contributed by atoms with E-state index < -0.39 is 34.3 Å². The summed E-state index contributed by atoms with van der Waals surface area (Å²) in [6.45, 7) is 3.77. The number of nitro benzene ring substituents is 1. The minimum atomic E-state index is -0.791. The molecule has 3 amide bonds. The summed E-state index contributed by atoms with van der Waals surface area (Å²) >= 11 is 0. The number of benzene rings is 3. The Kier molecular flexibility index (Phi) is 5.79. The van der Waals surface area contributed by atoms with Gasteiger partial charge >= 0.3 is 5.97 Å². The second-order valence-electron chi connectivity index (χ2n) is 9.01. The van der Waals surface area contributed by atoms with Gasteiger partial charge in [-0.2, -0.15) is 0 Å². The molecule has 0 spiro atoms. The Bertz CT molecular complexity index is 1500. The number of nitrogens with zero attached hydrogens (tertiary/aromatic N) is 3. The summed E-state index contributed by atoms with van der Waals surface area (Å²) < 4.78 is 5.52. The van der Waals surface area contributed by atoms with E-state index in [2.05, 4.69) is 0 Å². The zero-order chi connectivity index (χ0) is 26.4. The molecule has 3 aromatic rings. The van der Waals surface area contributed by atoms with Crippen LogP contribution in [0.3, 0.4) is 0 Å². The molecule has 1 saturated heterocycles. The number of esters is 1. The summed E-state index contributed by atoms with van der Waals surface area (Å²) in [6.07, 6.45) is 0.0254. The van der Waals surface area contributed by atoms with Crippen molar-refractivity contribution in [1.82, 2.24) is 0 Å². The number of imide groups is 1. The molecule has 2 aliphatic heterocycles. The van der Waals surface area contributed by atoms with Crippen LogP contribution in [0.25, 0.3) is 0 Å². The number of carbonyl (C=O) groups excluding carboxylic acids is 4. The van der Waals surface area contributed by atoms with E-state index in [9.17, 15) is 29.3 Å². The highest BCUT2D eigenvalue weighted by molar-refractivity contribution is 6.35. The Balaban J connectivity index is 1.32. The van der Waals surface area contributed by atoms with E-state index in [1.165, 1.54) is 36.4 Å². The van der Waals surface area contributed by atoms with Crippen LogP contribution in [-0.4, -0.2) is 35.2 Å². The van der Waals surface area contributed by atoms with Gasteiger partial charge in [-0.3, -0.25) is 29.3 Å². The third-order valence-electron chi connectivity index (χ3n) is 6.52. The molecule has 3 aromatic carbocycles. The molecule has 1 atom stereocenters. The molecule has 0 aliphatic carbocycles. The summed E-state index contributed by atoms with van der Waals surface area (Å²) in [7, 11) is 0. The maximum atomic E-state index is 13.0. The summed E-state index contributed by atoms with van der Waals surface area (Å²) in [5, 5.41) is 11.4. The highest BCUT2D eigenvalue weighted by Gasteiger charge is 2.42. The van der Waals surface area contributed by atoms with Gasteiger partial charge in [0.15, 0.2) is 0 Å². The number of anilines is 2. The van der Waals surface area contributed by atoms with Gasteiger partial charge in [-0.25, -0.2) is 4.90 Å². The van der Waals surface area contributed by atoms with Gasteiger partial charge in [0, 0.05) is 24.7 Å². The molecule has 2 heterocycles. The summed E-state index contributed by atoms with van der Waals surface area (Å²) in [5.41, 5.74) is 1.71. The number of hydrogen-bond acceptors (Lipinski definition) is 7. The standard InChI is InChI=1S/C27H21N3O7/c1-15-6-8-18(9-7-15)28-14-17(13-23(28)31)27(34)37-19-10-11-21(16(2)12-19)29-25(32)20-4-3-5-22(30(35)36)24(20)26(29)33/h3-12,17H,13-14H2,1-2H3/t17-/m0/s1. The van der Waals surface area contributed by atoms with Crippen molar-refractivity contribution in [2.75, 3.05) is 16.3 Å². The lowest BCUT2D eigenvalue weighted by atomic mass is 10.1. The highest BCUT2D eigenvalue weighted by Crippen LogP contribution is 2.36. The Morgan fingerprint density at radius 2 is 1.73 bits per heavy atom. The van der Waals surface area contributed by atoms with Gasteiger partial charge in [0.1, 0.15) is 11.3 Å². The maximum Gasteiger partial charge on any atom is 0.316 e. The summed E-state index contributed by atoms with van der Waals surface area (Å²) in [4.78, 5) is 64.3. The van der Waals surface area contributed by atoms with Gasteiger partial charge in [-0.05, 0) is 55.8 Å². The first kappa shape index (κ1) is 23.9. The van der Waals surface area contributed by atoms with Crippen molar-refractivity contribution in [3.8, 4) is 5.75 Å². The first-order valence-electron chi connectivity index (χ1n) is 11.5. The number of nitro groups is 1. The number of rotatable bonds is 5. The fourth-order valence-electron chi connectivity index (χ4n) is 4.62. The van der Waals surface area contributed by atoms with E-state index in [0.29, 0.717) is 11.3 Å². The van der Waals surface area contributed by atoms with Gasteiger partial charge in [-0.1, -0.05) is 23.8 Å². The topological polar surface area (TPSA) is 127 Å². The normalized spacial score (nSPS) is 16.8. The number of fused-ring (bicyclic) bond motifs is 1. The fraction of sp³-hybridized carbons (Fsp3) is 0.185. The van der Waals surface area contributed by atoms with Crippen molar-refractivity contribution < 1.29 is 28.8 Å². The van der Waals surface area contributed by atoms with Gasteiger partial charge in [0.2, 0.25) is 5.91 Å². The average molecular weight is 499 g/mol. The minimum absolute atomic E-state index is 0.0254. The first-order chi connectivity index (χ1) is 17.7. The largest absolute Gasteiger partial charge is 0.426 e. The quantitative estimate of drug-likeness (QED) is 0.171. The molecule has 0 N–H and O–H groups in total. The predicted molar refractivity (Wildman–Crippen MR) is 133 cm³/mol. The van der Waals surface area contributed by atoms with E-state index in [1.807, 2.05) is 31.2 Å². The smallest absolute Gasteiger partial charge is 0.316 e. The molecule has 10 nitrogen and oxygen atoms in total. The lowest BCUT2D eigenvalue weighted by Crippen LogP contribution is -2.30. The Hall–Kier alpha value is -4.86. The molecule has 0 unspecified atom stereocenters. The van der Waals surface area contributed by atoms with Crippen LogP contribution < -0.4 is 14.5 Å². The molecule has 0 saturated carbocycles. The Labute approximate surface area is 211 Å². The molecule has 0 radical (unpaired) electrons. The molecule has 37 heavy (non-hydrogen) atoms. The molecule has 10 heteroatoms. The van der Waals surface area contributed by atoms with E-state index in [0.717, 1.165) is 10.5 Å². The van der Waals surface area contributed by atoms with Gasteiger partial charge in [-0.15, -0.1) is 0 Å². The summed E-state index contributed by atoms with van der Waals surface area (Å²) in [5.74, 6) is -2.65. The van der Waals surface area contributed by atoms with Crippen molar-refractivity contribution >= 4 is 40.8 Å². The number of carbonyl (C=O) groups is 4.